The molecule has 0 radical (unpaired) electrons. The monoisotopic (exact) mass is 322 g/mol. The number of piperazine rings is 1. The van der Waals surface area contributed by atoms with E-state index in [1.54, 1.807) is 4.90 Å². The van der Waals surface area contributed by atoms with Gasteiger partial charge in [0, 0.05) is 25.2 Å². The summed E-state index contributed by atoms with van der Waals surface area (Å²) >= 11 is 5.53. The van der Waals surface area contributed by atoms with Crippen LogP contribution in [0, 0.1) is 0 Å². The smallest absolute Gasteiger partial charge is 0.351 e. The number of halogens is 4. The minimum atomic E-state index is -4.50. The molecule has 1 amide bonds. The maximum absolute atomic E-state index is 12.5. The van der Waals surface area contributed by atoms with Crippen LogP contribution in [0.2, 0.25) is 0 Å². The maximum Gasteiger partial charge on any atom is 0.434 e. The fourth-order valence-corrected chi connectivity index (χ4v) is 2.82. The number of aromatic nitrogens is 2. The van der Waals surface area contributed by atoms with Crippen molar-refractivity contribution in [2.24, 2.45) is 0 Å². The lowest BCUT2D eigenvalue weighted by Gasteiger charge is -2.43. The van der Waals surface area contributed by atoms with Gasteiger partial charge in [-0.05, 0) is 25.4 Å². The quantitative estimate of drug-likeness (QED) is 0.589. The summed E-state index contributed by atoms with van der Waals surface area (Å²) in [5.74, 6) is 0.350. The van der Waals surface area contributed by atoms with Crippen molar-refractivity contribution in [1.82, 2.24) is 14.9 Å². The Balaban J connectivity index is 2.15. The van der Waals surface area contributed by atoms with E-state index < -0.39 is 17.2 Å². The number of rotatable bonds is 1. The molecule has 9 heteroatoms. The van der Waals surface area contributed by atoms with Crippen LogP contribution in [0.1, 0.15) is 19.5 Å². The number of carbonyl (C=O) groups excluding carboxylic acids is 1. The molecule has 1 aromatic rings. The number of hydrogen-bond donors (Lipinski definition) is 0. The van der Waals surface area contributed by atoms with Crippen LogP contribution in [0.5, 0.6) is 0 Å². The third-order valence-corrected chi connectivity index (χ3v) is 3.57. The first kappa shape index (κ1) is 15.8. The van der Waals surface area contributed by atoms with Gasteiger partial charge in [0.15, 0.2) is 5.69 Å². The van der Waals surface area contributed by atoms with E-state index in [0.29, 0.717) is 25.1 Å². The molecular formula is C12H14ClF3N4O. The molecule has 0 unspecified atom stereocenters. The molecule has 1 fully saturated rings. The van der Waals surface area contributed by atoms with Crippen LogP contribution in [-0.4, -0.2) is 45.4 Å². The van der Waals surface area contributed by atoms with Crippen molar-refractivity contribution in [3.05, 3.63) is 18.1 Å². The van der Waals surface area contributed by atoms with Gasteiger partial charge in [0.25, 0.3) is 0 Å². The van der Waals surface area contributed by atoms with Crippen LogP contribution >= 0.6 is 11.6 Å². The Labute approximate surface area is 124 Å². The first-order valence-electron chi connectivity index (χ1n) is 6.32. The van der Waals surface area contributed by atoms with Crippen molar-refractivity contribution >= 4 is 22.8 Å². The highest BCUT2D eigenvalue weighted by Crippen LogP contribution is 2.28. The lowest BCUT2D eigenvalue weighted by Crippen LogP contribution is -2.57. The molecule has 2 heterocycles. The topological polar surface area (TPSA) is 49.3 Å². The second-order valence-corrected chi connectivity index (χ2v) is 5.34. The Kier molecular flexibility index (Phi) is 4.27. The van der Waals surface area contributed by atoms with Crippen LogP contribution in [0.4, 0.5) is 23.8 Å². The van der Waals surface area contributed by atoms with Crippen LogP contribution in [0.25, 0.3) is 0 Å². The summed E-state index contributed by atoms with van der Waals surface area (Å²) in [5, 5.41) is -0.534. The highest BCUT2D eigenvalue weighted by atomic mass is 35.5. The van der Waals surface area contributed by atoms with E-state index in [1.807, 2.05) is 13.8 Å². The summed E-state index contributed by atoms with van der Waals surface area (Å²) in [7, 11) is 0. The van der Waals surface area contributed by atoms with Crippen molar-refractivity contribution in [3.8, 4) is 0 Å². The molecular weight excluding hydrogens is 309 g/mol. The zero-order valence-electron chi connectivity index (χ0n) is 11.4. The molecule has 1 aliphatic rings. The molecule has 2 rings (SSSR count). The molecule has 2 atom stereocenters. The van der Waals surface area contributed by atoms with E-state index in [4.69, 9.17) is 11.6 Å². The van der Waals surface area contributed by atoms with Crippen molar-refractivity contribution in [1.29, 1.82) is 0 Å². The Morgan fingerprint density at radius 3 is 2.19 bits per heavy atom. The van der Waals surface area contributed by atoms with Gasteiger partial charge < -0.3 is 9.80 Å². The highest BCUT2D eigenvalue weighted by molar-refractivity contribution is 6.62. The minimum Gasteiger partial charge on any atom is -0.351 e. The fraction of sp³-hybridized carbons (Fsp3) is 0.583. The number of amides is 1. The van der Waals surface area contributed by atoms with Crippen LogP contribution in [-0.2, 0) is 6.18 Å². The fourth-order valence-electron chi connectivity index (χ4n) is 2.49. The second kappa shape index (κ2) is 5.67. The minimum absolute atomic E-state index is 0.164. The summed E-state index contributed by atoms with van der Waals surface area (Å²) in [6.45, 7) is 4.51. The van der Waals surface area contributed by atoms with Gasteiger partial charge in [-0.25, -0.2) is 9.97 Å². The zero-order chi connectivity index (χ0) is 15.8. The molecule has 0 aromatic carbocycles. The predicted octanol–water partition coefficient (Wildman–Crippen LogP) is 2.75. The normalized spacial score (nSPS) is 23.3. The lowest BCUT2D eigenvalue weighted by molar-refractivity contribution is -0.141. The zero-order valence-corrected chi connectivity index (χ0v) is 12.2. The molecule has 0 N–H and O–H groups in total. The molecule has 0 saturated carbocycles. The standard InChI is InChI=1S/C12H14ClF3N4O/c1-7-5-19(6-8(2)20(7)11(13)21)10-4-17-9(3-18-10)12(14,15)16/h3-4,7-8H,5-6H2,1-2H3/t7-,8+. The first-order valence-corrected chi connectivity index (χ1v) is 6.70. The average Bonchev–Trinajstić information content (AvgIpc) is 2.36. The lowest BCUT2D eigenvalue weighted by atomic mass is 10.1. The van der Waals surface area contributed by atoms with E-state index in [9.17, 15) is 18.0 Å². The van der Waals surface area contributed by atoms with Gasteiger partial charge in [-0.2, -0.15) is 13.2 Å². The summed E-state index contributed by atoms with van der Waals surface area (Å²) < 4.78 is 37.4. The molecule has 1 aliphatic heterocycles. The van der Waals surface area contributed by atoms with E-state index in [0.717, 1.165) is 6.20 Å². The van der Waals surface area contributed by atoms with Crippen LogP contribution < -0.4 is 4.90 Å². The van der Waals surface area contributed by atoms with Gasteiger partial charge >= 0.3 is 11.5 Å². The second-order valence-electron chi connectivity index (χ2n) is 5.02. The van der Waals surface area contributed by atoms with E-state index in [1.165, 1.54) is 4.90 Å². The van der Waals surface area contributed by atoms with Gasteiger partial charge in [0.2, 0.25) is 0 Å². The summed E-state index contributed by atoms with van der Waals surface area (Å²) in [5.41, 5.74) is -1.03. The van der Waals surface area contributed by atoms with Gasteiger partial charge in [-0.15, -0.1) is 0 Å². The number of hydrogen-bond acceptors (Lipinski definition) is 4. The van der Waals surface area contributed by atoms with E-state index in [-0.39, 0.29) is 12.1 Å². The summed E-state index contributed by atoms with van der Waals surface area (Å²) in [4.78, 5) is 21.9. The molecule has 116 valence electrons. The van der Waals surface area contributed by atoms with Gasteiger partial charge in [0.1, 0.15) is 5.82 Å². The van der Waals surface area contributed by atoms with Crippen LogP contribution in [0.3, 0.4) is 0 Å². The van der Waals surface area contributed by atoms with Gasteiger partial charge in [0.05, 0.1) is 12.4 Å². The molecule has 21 heavy (non-hydrogen) atoms. The third kappa shape index (κ3) is 3.37. The molecule has 0 bridgehead atoms. The Morgan fingerprint density at radius 2 is 1.81 bits per heavy atom. The molecule has 1 saturated heterocycles. The number of nitrogens with zero attached hydrogens (tertiary/aromatic N) is 4. The number of anilines is 1. The summed E-state index contributed by atoms with van der Waals surface area (Å²) in [6, 6.07) is -0.328. The molecule has 5 nitrogen and oxygen atoms in total. The largest absolute Gasteiger partial charge is 0.434 e. The van der Waals surface area contributed by atoms with Crippen molar-refractivity contribution in [2.75, 3.05) is 18.0 Å². The SMILES string of the molecule is C[C@@H]1CN(c2cnc(C(F)(F)F)cn2)C[C@H](C)N1C(=O)Cl. The highest BCUT2D eigenvalue weighted by Gasteiger charge is 2.35. The van der Waals surface area contributed by atoms with Crippen molar-refractivity contribution in [2.45, 2.75) is 32.1 Å². The Hall–Kier alpha value is -1.57. The number of carbonyl (C=O) groups is 1. The average molecular weight is 323 g/mol. The Morgan fingerprint density at radius 1 is 1.24 bits per heavy atom. The van der Waals surface area contributed by atoms with Gasteiger partial charge in [-0.3, -0.25) is 4.79 Å². The molecule has 0 spiro atoms. The van der Waals surface area contributed by atoms with E-state index >= 15 is 0 Å². The van der Waals surface area contributed by atoms with Crippen molar-refractivity contribution in [3.63, 3.8) is 0 Å². The number of alkyl halides is 3. The van der Waals surface area contributed by atoms with Crippen LogP contribution in [0.15, 0.2) is 12.4 Å². The van der Waals surface area contributed by atoms with Crippen molar-refractivity contribution < 1.29 is 18.0 Å². The Bertz CT molecular complexity index is 510. The maximum atomic E-state index is 12.5. The van der Waals surface area contributed by atoms with Gasteiger partial charge in [-0.1, -0.05) is 0 Å². The predicted molar refractivity (Wildman–Crippen MR) is 71.3 cm³/mol. The molecule has 0 aliphatic carbocycles. The summed E-state index contributed by atoms with van der Waals surface area (Å²) in [6.07, 6.45) is -2.69. The third-order valence-electron chi connectivity index (χ3n) is 3.37. The molecule has 1 aromatic heterocycles. The van der Waals surface area contributed by atoms with E-state index in [2.05, 4.69) is 9.97 Å². The first-order chi connectivity index (χ1) is 9.70.